The fraction of sp³-hybridized carbons (Fsp3) is 0.917. The quantitative estimate of drug-likeness (QED) is 0.728. The standard InChI is InChI=1S/C12H22N2O2/c15-11-6-10(7-11)8-13-9-12(16)14-4-2-1-3-5-14/h10-11,13,15H,1-9H2. The van der Waals surface area contributed by atoms with Gasteiger partial charge in [-0.2, -0.15) is 0 Å². The Bertz CT molecular complexity index is 233. The lowest BCUT2D eigenvalue weighted by Gasteiger charge is -2.32. The molecule has 0 unspecified atom stereocenters. The van der Waals surface area contributed by atoms with Crippen LogP contribution in [0.2, 0.25) is 0 Å². The Morgan fingerprint density at radius 3 is 2.56 bits per heavy atom. The lowest BCUT2D eigenvalue weighted by atomic mass is 9.82. The maximum absolute atomic E-state index is 11.8. The highest BCUT2D eigenvalue weighted by molar-refractivity contribution is 5.78. The molecule has 4 nitrogen and oxygen atoms in total. The molecular formula is C12H22N2O2. The Kier molecular flexibility index (Phi) is 4.18. The molecule has 1 aliphatic heterocycles. The van der Waals surface area contributed by atoms with Gasteiger partial charge in [-0.15, -0.1) is 0 Å². The smallest absolute Gasteiger partial charge is 0.236 e. The molecule has 2 rings (SSSR count). The number of nitrogens with one attached hydrogen (secondary N) is 1. The highest BCUT2D eigenvalue weighted by Gasteiger charge is 2.26. The molecule has 1 saturated heterocycles. The molecule has 2 aliphatic rings. The average molecular weight is 226 g/mol. The molecule has 1 heterocycles. The minimum absolute atomic E-state index is 0.0930. The van der Waals surface area contributed by atoms with E-state index in [1.54, 1.807) is 0 Å². The number of carbonyl (C=O) groups excluding carboxylic acids is 1. The van der Waals surface area contributed by atoms with Gasteiger partial charge in [0.05, 0.1) is 12.6 Å². The maximum Gasteiger partial charge on any atom is 0.236 e. The average Bonchev–Trinajstić information content (AvgIpc) is 2.27. The van der Waals surface area contributed by atoms with Crippen molar-refractivity contribution in [1.82, 2.24) is 10.2 Å². The fourth-order valence-electron chi connectivity index (χ4n) is 2.51. The Morgan fingerprint density at radius 2 is 1.94 bits per heavy atom. The highest BCUT2D eigenvalue weighted by atomic mass is 16.3. The molecule has 0 radical (unpaired) electrons. The number of rotatable bonds is 4. The van der Waals surface area contributed by atoms with Crippen LogP contribution in [0.15, 0.2) is 0 Å². The summed E-state index contributed by atoms with van der Waals surface area (Å²) >= 11 is 0. The van der Waals surface area contributed by atoms with E-state index in [2.05, 4.69) is 5.32 Å². The van der Waals surface area contributed by atoms with Crippen LogP contribution in [0.4, 0.5) is 0 Å². The molecule has 1 saturated carbocycles. The normalized spacial score (nSPS) is 29.9. The van der Waals surface area contributed by atoms with Gasteiger partial charge in [-0.05, 0) is 44.6 Å². The van der Waals surface area contributed by atoms with Crippen LogP contribution in [0, 0.1) is 5.92 Å². The largest absolute Gasteiger partial charge is 0.393 e. The van der Waals surface area contributed by atoms with Crippen LogP contribution in [0.25, 0.3) is 0 Å². The van der Waals surface area contributed by atoms with Crippen LogP contribution in [-0.4, -0.2) is 48.2 Å². The van der Waals surface area contributed by atoms with E-state index in [1.165, 1.54) is 6.42 Å². The van der Waals surface area contributed by atoms with Gasteiger partial charge in [-0.3, -0.25) is 4.79 Å². The number of hydrogen-bond donors (Lipinski definition) is 2. The predicted molar refractivity (Wildman–Crippen MR) is 62.0 cm³/mol. The predicted octanol–water partition coefficient (Wildman–Crippen LogP) is 0.359. The van der Waals surface area contributed by atoms with Crippen molar-refractivity contribution in [3.8, 4) is 0 Å². The Hall–Kier alpha value is -0.610. The number of nitrogens with zero attached hydrogens (tertiary/aromatic N) is 1. The maximum atomic E-state index is 11.8. The number of piperidine rings is 1. The lowest BCUT2D eigenvalue weighted by molar-refractivity contribution is -0.131. The fourth-order valence-corrected chi connectivity index (χ4v) is 2.51. The zero-order valence-electron chi connectivity index (χ0n) is 9.82. The van der Waals surface area contributed by atoms with Crippen molar-refractivity contribution >= 4 is 5.91 Å². The van der Waals surface area contributed by atoms with Crippen LogP contribution >= 0.6 is 0 Å². The minimum atomic E-state index is -0.0930. The number of carbonyl (C=O) groups is 1. The van der Waals surface area contributed by atoms with Gasteiger partial charge in [0.15, 0.2) is 0 Å². The van der Waals surface area contributed by atoms with Crippen molar-refractivity contribution in [3.05, 3.63) is 0 Å². The van der Waals surface area contributed by atoms with Crippen LogP contribution in [0.3, 0.4) is 0 Å². The SMILES string of the molecule is O=C(CNCC1CC(O)C1)N1CCCCC1. The number of amides is 1. The molecule has 0 aromatic rings. The molecule has 92 valence electrons. The monoisotopic (exact) mass is 226 g/mol. The topological polar surface area (TPSA) is 52.6 Å². The summed E-state index contributed by atoms with van der Waals surface area (Å²) in [6.45, 7) is 3.20. The van der Waals surface area contributed by atoms with Crippen LogP contribution in [0.1, 0.15) is 32.1 Å². The van der Waals surface area contributed by atoms with Gasteiger partial charge in [0.2, 0.25) is 5.91 Å². The molecule has 2 N–H and O–H groups in total. The van der Waals surface area contributed by atoms with Crippen LogP contribution < -0.4 is 5.32 Å². The third-order valence-electron chi connectivity index (χ3n) is 3.63. The Balaban J connectivity index is 1.56. The van der Waals surface area contributed by atoms with Crippen LogP contribution in [-0.2, 0) is 4.79 Å². The van der Waals surface area contributed by atoms with Gasteiger partial charge >= 0.3 is 0 Å². The first-order valence-corrected chi connectivity index (χ1v) is 6.42. The molecule has 2 fully saturated rings. The summed E-state index contributed by atoms with van der Waals surface area (Å²) in [5.74, 6) is 0.809. The first-order valence-electron chi connectivity index (χ1n) is 6.42. The van der Waals surface area contributed by atoms with Crippen molar-refractivity contribution in [2.45, 2.75) is 38.2 Å². The third kappa shape index (κ3) is 3.19. The minimum Gasteiger partial charge on any atom is -0.393 e. The van der Waals surface area contributed by atoms with Gasteiger partial charge < -0.3 is 15.3 Å². The summed E-state index contributed by atoms with van der Waals surface area (Å²) in [5, 5.41) is 12.3. The zero-order chi connectivity index (χ0) is 11.4. The van der Waals surface area contributed by atoms with E-state index in [0.717, 1.165) is 45.3 Å². The molecule has 0 atom stereocenters. The van der Waals surface area contributed by atoms with Crippen molar-refractivity contribution in [3.63, 3.8) is 0 Å². The molecule has 0 aromatic heterocycles. The molecule has 4 heteroatoms. The lowest BCUT2D eigenvalue weighted by Crippen LogP contribution is -2.43. The van der Waals surface area contributed by atoms with E-state index in [9.17, 15) is 4.79 Å². The van der Waals surface area contributed by atoms with E-state index >= 15 is 0 Å². The second-order valence-corrected chi connectivity index (χ2v) is 5.06. The van der Waals surface area contributed by atoms with Gasteiger partial charge in [0.1, 0.15) is 0 Å². The molecule has 16 heavy (non-hydrogen) atoms. The molecule has 1 aliphatic carbocycles. The molecule has 0 bridgehead atoms. The van der Waals surface area contributed by atoms with E-state index in [4.69, 9.17) is 5.11 Å². The van der Waals surface area contributed by atoms with E-state index in [1.807, 2.05) is 4.90 Å². The summed E-state index contributed by atoms with van der Waals surface area (Å²) in [6.07, 6.45) is 5.26. The summed E-state index contributed by atoms with van der Waals surface area (Å²) in [7, 11) is 0. The first-order chi connectivity index (χ1) is 7.75. The summed E-state index contributed by atoms with van der Waals surface area (Å²) < 4.78 is 0. The van der Waals surface area contributed by atoms with Crippen molar-refractivity contribution < 1.29 is 9.90 Å². The second-order valence-electron chi connectivity index (χ2n) is 5.06. The van der Waals surface area contributed by atoms with Crippen molar-refractivity contribution in [1.29, 1.82) is 0 Å². The summed E-state index contributed by atoms with van der Waals surface area (Å²) in [5.41, 5.74) is 0. The van der Waals surface area contributed by atoms with Gasteiger partial charge in [-0.1, -0.05) is 0 Å². The van der Waals surface area contributed by atoms with Crippen molar-refractivity contribution in [2.24, 2.45) is 5.92 Å². The highest BCUT2D eigenvalue weighted by Crippen LogP contribution is 2.25. The van der Waals surface area contributed by atoms with Gasteiger partial charge in [0.25, 0.3) is 0 Å². The molecule has 0 aromatic carbocycles. The first kappa shape index (κ1) is 11.9. The third-order valence-corrected chi connectivity index (χ3v) is 3.63. The summed E-state index contributed by atoms with van der Waals surface area (Å²) in [4.78, 5) is 13.7. The van der Waals surface area contributed by atoms with E-state index in [-0.39, 0.29) is 12.0 Å². The number of hydrogen-bond acceptors (Lipinski definition) is 3. The van der Waals surface area contributed by atoms with Crippen molar-refractivity contribution in [2.75, 3.05) is 26.2 Å². The van der Waals surface area contributed by atoms with Gasteiger partial charge in [0, 0.05) is 13.1 Å². The second kappa shape index (κ2) is 5.64. The van der Waals surface area contributed by atoms with E-state index < -0.39 is 0 Å². The van der Waals surface area contributed by atoms with Gasteiger partial charge in [-0.25, -0.2) is 0 Å². The number of likely N-dealkylation sites (tertiary alicyclic amines) is 1. The number of aliphatic hydroxyl groups is 1. The zero-order valence-corrected chi connectivity index (χ0v) is 9.82. The molecule has 0 spiro atoms. The Labute approximate surface area is 97.0 Å². The Morgan fingerprint density at radius 1 is 1.25 bits per heavy atom. The molecule has 1 amide bonds. The summed E-state index contributed by atoms with van der Waals surface area (Å²) in [6, 6.07) is 0. The van der Waals surface area contributed by atoms with Crippen LogP contribution in [0.5, 0.6) is 0 Å². The molecular weight excluding hydrogens is 204 g/mol. The van der Waals surface area contributed by atoms with E-state index in [0.29, 0.717) is 12.5 Å². The number of aliphatic hydroxyl groups excluding tert-OH is 1.